The molecular weight excluding hydrogens is 360 g/mol. The van der Waals surface area contributed by atoms with Crippen molar-refractivity contribution in [1.82, 2.24) is 5.16 Å². The number of hydrogen-bond donors (Lipinski definition) is 0. The molecule has 0 saturated heterocycles. The van der Waals surface area contributed by atoms with Gasteiger partial charge in [-0.2, -0.15) is 0 Å². The molecule has 1 aromatic heterocycles. The molecule has 1 atom stereocenters. The molecule has 27 heavy (non-hydrogen) atoms. The molecule has 0 radical (unpaired) electrons. The van der Waals surface area contributed by atoms with E-state index < -0.39 is 6.04 Å². The van der Waals surface area contributed by atoms with Crippen LogP contribution in [0.2, 0.25) is 5.02 Å². The van der Waals surface area contributed by atoms with Crippen molar-refractivity contribution in [3.63, 3.8) is 0 Å². The summed E-state index contributed by atoms with van der Waals surface area (Å²) in [6, 6.07) is 13.5. The van der Waals surface area contributed by atoms with Crippen LogP contribution in [0.25, 0.3) is 11.1 Å². The molecule has 136 valence electrons. The first-order valence-electron chi connectivity index (χ1n) is 8.85. The summed E-state index contributed by atoms with van der Waals surface area (Å²) >= 11 is 6.32. The Hall–Kier alpha value is -2.72. The number of carbonyl (C=O) groups excluding carboxylic acids is 1. The highest BCUT2D eigenvalue weighted by Crippen LogP contribution is 2.41. The van der Waals surface area contributed by atoms with E-state index in [0.717, 1.165) is 33.7 Å². The fourth-order valence-electron chi connectivity index (χ4n) is 3.51. The highest BCUT2D eigenvalue weighted by molar-refractivity contribution is 6.31. The van der Waals surface area contributed by atoms with E-state index >= 15 is 0 Å². The molecule has 0 spiro atoms. The van der Waals surface area contributed by atoms with Crippen molar-refractivity contribution >= 4 is 23.1 Å². The van der Waals surface area contributed by atoms with Crippen molar-refractivity contribution in [3.8, 4) is 11.1 Å². The molecule has 0 fully saturated rings. The number of ketones is 1. The van der Waals surface area contributed by atoms with Crippen molar-refractivity contribution in [1.29, 1.82) is 0 Å². The van der Waals surface area contributed by atoms with E-state index in [9.17, 15) is 4.79 Å². The minimum absolute atomic E-state index is 0.0518. The predicted octanol–water partition coefficient (Wildman–Crippen LogP) is 5.48. The highest BCUT2D eigenvalue weighted by atomic mass is 35.5. The van der Waals surface area contributed by atoms with Crippen LogP contribution in [0.3, 0.4) is 0 Å². The molecule has 0 aliphatic carbocycles. The van der Waals surface area contributed by atoms with Gasteiger partial charge in [-0.05, 0) is 38.5 Å². The van der Waals surface area contributed by atoms with E-state index in [1.807, 2.05) is 44.2 Å². The van der Waals surface area contributed by atoms with E-state index in [1.54, 1.807) is 6.92 Å². The minimum atomic E-state index is -0.416. The Balaban J connectivity index is 2.02. The van der Waals surface area contributed by atoms with Crippen molar-refractivity contribution in [2.24, 2.45) is 4.99 Å². The van der Waals surface area contributed by atoms with Gasteiger partial charge in [0.05, 0.1) is 17.0 Å². The Labute approximate surface area is 162 Å². The van der Waals surface area contributed by atoms with E-state index in [-0.39, 0.29) is 12.2 Å². The molecule has 4 rings (SSSR count). The third-order valence-corrected chi connectivity index (χ3v) is 5.02. The lowest BCUT2D eigenvalue weighted by molar-refractivity contribution is -0.117. The Morgan fingerprint density at radius 1 is 1.11 bits per heavy atom. The molecule has 1 aliphatic rings. The number of hydrogen-bond acceptors (Lipinski definition) is 4. The van der Waals surface area contributed by atoms with Crippen LogP contribution in [0.4, 0.5) is 0 Å². The van der Waals surface area contributed by atoms with Gasteiger partial charge in [-0.15, -0.1) is 0 Å². The fraction of sp³-hybridized carbons (Fsp3) is 0.227. The lowest BCUT2D eigenvalue weighted by Gasteiger charge is -2.12. The van der Waals surface area contributed by atoms with Gasteiger partial charge < -0.3 is 4.52 Å². The number of aryl methyl sites for hydroxylation is 2. The number of aliphatic imine (C=N–C) groups is 1. The van der Waals surface area contributed by atoms with Gasteiger partial charge in [0.2, 0.25) is 0 Å². The van der Waals surface area contributed by atoms with E-state index in [4.69, 9.17) is 21.1 Å². The second-order valence-corrected chi connectivity index (χ2v) is 7.40. The summed E-state index contributed by atoms with van der Waals surface area (Å²) in [5.74, 6) is 0.685. The zero-order chi connectivity index (χ0) is 19.1. The van der Waals surface area contributed by atoms with Gasteiger partial charge >= 0.3 is 0 Å². The smallest absolute Gasteiger partial charge is 0.169 e. The fourth-order valence-corrected chi connectivity index (χ4v) is 3.68. The summed E-state index contributed by atoms with van der Waals surface area (Å²) in [7, 11) is 0. The maximum absolute atomic E-state index is 11.9. The molecule has 5 heteroatoms. The summed E-state index contributed by atoms with van der Waals surface area (Å²) < 4.78 is 5.63. The average molecular weight is 379 g/mol. The Morgan fingerprint density at radius 3 is 2.56 bits per heavy atom. The molecule has 0 amide bonds. The molecule has 0 bridgehead atoms. The van der Waals surface area contributed by atoms with E-state index in [0.29, 0.717) is 10.8 Å². The minimum Gasteiger partial charge on any atom is -0.358 e. The lowest BCUT2D eigenvalue weighted by Crippen LogP contribution is -2.08. The molecule has 0 N–H and O–H groups in total. The van der Waals surface area contributed by atoms with Crippen LogP contribution < -0.4 is 0 Å². The molecule has 0 unspecified atom stereocenters. The first-order valence-corrected chi connectivity index (χ1v) is 9.22. The first kappa shape index (κ1) is 17.7. The maximum Gasteiger partial charge on any atom is 0.169 e. The first-order chi connectivity index (χ1) is 12.9. The van der Waals surface area contributed by atoms with Gasteiger partial charge in [0.25, 0.3) is 0 Å². The standard InChI is InChI=1S/C22H19ClN2O2/c1-12-4-6-15(7-5-12)21-18-11-16(23)8-9-17(18)20-14(3)25-27-22(20)19(24-21)10-13(2)26/h4-9,11,19H,10H2,1-3H3/t19-/m0/s1. The highest BCUT2D eigenvalue weighted by Gasteiger charge is 2.31. The van der Waals surface area contributed by atoms with Gasteiger partial charge in [-0.1, -0.05) is 52.7 Å². The van der Waals surface area contributed by atoms with Gasteiger partial charge in [0.1, 0.15) is 11.8 Å². The Morgan fingerprint density at radius 2 is 1.85 bits per heavy atom. The quantitative estimate of drug-likeness (QED) is 0.606. The summed E-state index contributed by atoms with van der Waals surface area (Å²) in [6.45, 7) is 5.52. The summed E-state index contributed by atoms with van der Waals surface area (Å²) in [5, 5.41) is 4.77. The SMILES string of the molecule is CC(=O)C[C@@H]1N=C(c2ccc(C)cc2)c2cc(Cl)ccc2-c2c(C)noc21. The zero-order valence-corrected chi connectivity index (χ0v) is 16.2. The van der Waals surface area contributed by atoms with Crippen LogP contribution in [0, 0.1) is 13.8 Å². The molecule has 2 heterocycles. The molecule has 2 aromatic carbocycles. The van der Waals surface area contributed by atoms with Gasteiger partial charge in [0, 0.05) is 22.6 Å². The number of benzene rings is 2. The van der Waals surface area contributed by atoms with E-state index in [1.165, 1.54) is 5.56 Å². The summed E-state index contributed by atoms with van der Waals surface area (Å²) in [4.78, 5) is 16.9. The Kier molecular flexibility index (Phi) is 4.44. The zero-order valence-electron chi connectivity index (χ0n) is 15.4. The van der Waals surface area contributed by atoms with Crippen LogP contribution in [0.5, 0.6) is 0 Å². The predicted molar refractivity (Wildman–Crippen MR) is 107 cm³/mol. The van der Waals surface area contributed by atoms with Gasteiger partial charge in [-0.3, -0.25) is 9.79 Å². The van der Waals surface area contributed by atoms with Crippen LogP contribution in [-0.2, 0) is 4.79 Å². The third kappa shape index (κ3) is 3.21. The van der Waals surface area contributed by atoms with Crippen molar-refractivity contribution in [2.75, 3.05) is 0 Å². The third-order valence-electron chi connectivity index (χ3n) is 4.79. The van der Waals surface area contributed by atoms with Gasteiger partial charge in [-0.25, -0.2) is 0 Å². The number of rotatable bonds is 3. The van der Waals surface area contributed by atoms with Crippen LogP contribution in [0.15, 0.2) is 52.0 Å². The topological polar surface area (TPSA) is 55.5 Å². The van der Waals surface area contributed by atoms with Crippen molar-refractivity contribution in [2.45, 2.75) is 33.2 Å². The maximum atomic E-state index is 11.9. The number of carbonyl (C=O) groups is 1. The monoisotopic (exact) mass is 378 g/mol. The Bertz CT molecular complexity index is 1060. The number of aromatic nitrogens is 1. The van der Waals surface area contributed by atoms with E-state index in [2.05, 4.69) is 17.3 Å². The molecule has 0 saturated carbocycles. The van der Waals surface area contributed by atoms with Crippen LogP contribution in [0.1, 0.15) is 47.5 Å². The van der Waals surface area contributed by atoms with Gasteiger partial charge in [0.15, 0.2) is 5.76 Å². The number of Topliss-reactive ketones (excluding diaryl/α,β-unsaturated/α-hetero) is 1. The second-order valence-electron chi connectivity index (χ2n) is 6.96. The van der Waals surface area contributed by atoms with Crippen molar-refractivity contribution in [3.05, 3.63) is 75.6 Å². The number of halogens is 1. The molecule has 4 nitrogen and oxygen atoms in total. The summed E-state index contributed by atoms with van der Waals surface area (Å²) in [5.41, 5.74) is 6.54. The van der Waals surface area contributed by atoms with Crippen LogP contribution >= 0.6 is 11.6 Å². The molecular formula is C22H19ClN2O2. The number of fused-ring (bicyclic) bond motifs is 3. The lowest BCUT2D eigenvalue weighted by atomic mass is 9.92. The van der Waals surface area contributed by atoms with Crippen molar-refractivity contribution < 1.29 is 9.32 Å². The normalized spacial score (nSPS) is 15.6. The molecule has 3 aromatic rings. The number of nitrogens with zero attached hydrogens (tertiary/aromatic N) is 2. The summed E-state index contributed by atoms with van der Waals surface area (Å²) in [6.07, 6.45) is 0.263. The largest absolute Gasteiger partial charge is 0.358 e. The average Bonchev–Trinajstić information content (AvgIpc) is 2.94. The second kappa shape index (κ2) is 6.78. The molecule has 1 aliphatic heterocycles. The van der Waals surface area contributed by atoms with Crippen LogP contribution in [-0.4, -0.2) is 16.7 Å².